The maximum absolute atomic E-state index is 14.0. The number of ether oxygens (including phenoxy) is 1. The van der Waals surface area contributed by atoms with Gasteiger partial charge >= 0.3 is 12.1 Å². The van der Waals surface area contributed by atoms with Crippen molar-refractivity contribution in [2.75, 3.05) is 18.5 Å². The summed E-state index contributed by atoms with van der Waals surface area (Å²) in [6.07, 6.45) is -1.40. The Hall–Kier alpha value is -2.44. The molecule has 0 aromatic heterocycles. The second kappa shape index (κ2) is 8.60. The number of anilines is 1. The Bertz CT molecular complexity index is 941. The molecule has 1 N–H and O–H groups in total. The average Bonchev–Trinajstić information content (AvgIpc) is 2.65. The highest BCUT2D eigenvalue weighted by molar-refractivity contribution is 5.91. The van der Waals surface area contributed by atoms with Crippen molar-refractivity contribution in [3.63, 3.8) is 0 Å². The van der Waals surface area contributed by atoms with E-state index >= 15 is 0 Å². The van der Waals surface area contributed by atoms with Gasteiger partial charge in [-0.3, -0.25) is 4.79 Å². The van der Waals surface area contributed by atoms with Crippen LogP contribution in [0.15, 0.2) is 30.3 Å². The van der Waals surface area contributed by atoms with Crippen LogP contribution in [0.1, 0.15) is 52.0 Å². The van der Waals surface area contributed by atoms with Gasteiger partial charge in [-0.05, 0) is 66.0 Å². The zero-order valence-corrected chi connectivity index (χ0v) is 18.4. The van der Waals surface area contributed by atoms with Crippen molar-refractivity contribution in [2.45, 2.75) is 58.7 Å². The molecule has 7 heteroatoms. The van der Waals surface area contributed by atoms with Gasteiger partial charge in [-0.15, -0.1) is 0 Å². The molecule has 0 amide bonds. The second-order valence-electron chi connectivity index (χ2n) is 9.55. The van der Waals surface area contributed by atoms with Gasteiger partial charge in [-0.25, -0.2) is 0 Å². The Kier molecular flexibility index (Phi) is 6.44. The number of alkyl halides is 3. The predicted octanol–water partition coefficient (Wildman–Crippen LogP) is 6.36. The number of carbonyl (C=O) groups is 1. The molecule has 1 aliphatic rings. The third-order valence-corrected chi connectivity index (χ3v) is 6.25. The Balaban J connectivity index is 1.89. The molecule has 1 fully saturated rings. The van der Waals surface area contributed by atoms with Crippen molar-refractivity contribution in [3.05, 3.63) is 35.9 Å². The minimum Gasteiger partial charge on any atom is -0.490 e. The van der Waals surface area contributed by atoms with E-state index in [2.05, 4.69) is 20.8 Å². The van der Waals surface area contributed by atoms with E-state index in [1.807, 2.05) is 0 Å². The molecule has 31 heavy (non-hydrogen) atoms. The molecule has 0 saturated heterocycles. The highest BCUT2D eigenvalue weighted by atomic mass is 19.4. The largest absolute Gasteiger partial charge is 0.490 e. The summed E-state index contributed by atoms with van der Waals surface area (Å²) in [7, 11) is 1.59. The zero-order valence-electron chi connectivity index (χ0n) is 18.4. The summed E-state index contributed by atoms with van der Waals surface area (Å²) in [5.41, 5.74) is -0.0381. The van der Waals surface area contributed by atoms with E-state index in [0.29, 0.717) is 17.0 Å². The number of benzene rings is 2. The maximum atomic E-state index is 14.0. The van der Waals surface area contributed by atoms with Crippen molar-refractivity contribution in [3.8, 4) is 5.75 Å². The minimum absolute atomic E-state index is 0.0563. The predicted molar refractivity (Wildman–Crippen MR) is 116 cm³/mol. The lowest BCUT2D eigenvalue weighted by atomic mass is 9.72. The van der Waals surface area contributed by atoms with Crippen LogP contribution >= 0.6 is 0 Å². The second-order valence-corrected chi connectivity index (χ2v) is 9.55. The number of hydrogen-bond donors (Lipinski definition) is 1. The molecule has 0 spiro atoms. The van der Waals surface area contributed by atoms with Crippen LogP contribution in [-0.2, 0) is 11.0 Å². The molecule has 2 aromatic carbocycles. The van der Waals surface area contributed by atoms with Gasteiger partial charge < -0.3 is 14.7 Å². The summed E-state index contributed by atoms with van der Waals surface area (Å²) < 4.78 is 47.9. The number of nitrogens with zero attached hydrogens (tertiary/aromatic N) is 1. The van der Waals surface area contributed by atoms with Crippen LogP contribution in [0.25, 0.3) is 10.8 Å². The maximum Gasteiger partial charge on any atom is 0.420 e. The number of likely N-dealkylation sites (N-methyl/N-ethyl adjacent to an activating group) is 1. The molecule has 1 aliphatic carbocycles. The first-order chi connectivity index (χ1) is 14.4. The fourth-order valence-corrected chi connectivity index (χ4v) is 4.45. The molecule has 0 aliphatic heterocycles. The van der Waals surface area contributed by atoms with E-state index in [-0.39, 0.29) is 29.2 Å². The summed E-state index contributed by atoms with van der Waals surface area (Å²) in [5.74, 6) is -0.596. The Morgan fingerprint density at radius 3 is 2.29 bits per heavy atom. The van der Waals surface area contributed by atoms with Crippen LogP contribution in [0.2, 0.25) is 0 Å². The van der Waals surface area contributed by atoms with Crippen LogP contribution < -0.4 is 9.64 Å². The van der Waals surface area contributed by atoms with Gasteiger partial charge in [-0.2, -0.15) is 13.2 Å². The molecule has 2 aromatic rings. The fourth-order valence-electron chi connectivity index (χ4n) is 4.45. The molecule has 0 radical (unpaired) electrons. The normalized spacial score (nSPS) is 20.0. The molecule has 3 rings (SSSR count). The number of carboxylic acids is 1. The van der Waals surface area contributed by atoms with E-state index in [1.54, 1.807) is 19.2 Å². The Morgan fingerprint density at radius 2 is 1.74 bits per heavy atom. The number of aliphatic carboxylic acids is 1. The lowest BCUT2D eigenvalue weighted by Crippen LogP contribution is -2.31. The van der Waals surface area contributed by atoms with E-state index < -0.39 is 17.7 Å². The zero-order chi connectivity index (χ0) is 23.0. The van der Waals surface area contributed by atoms with Gasteiger partial charge in [0, 0.05) is 12.7 Å². The molecule has 0 heterocycles. The van der Waals surface area contributed by atoms with Gasteiger partial charge in [0.1, 0.15) is 17.9 Å². The highest BCUT2D eigenvalue weighted by Gasteiger charge is 2.38. The minimum atomic E-state index is -4.56. The molecule has 0 bridgehead atoms. The average molecular weight is 438 g/mol. The summed E-state index contributed by atoms with van der Waals surface area (Å²) in [6.45, 7) is 6.36. The summed E-state index contributed by atoms with van der Waals surface area (Å²) >= 11 is 0. The number of fused-ring (bicyclic) bond motifs is 1. The van der Waals surface area contributed by atoms with Gasteiger partial charge in [0.05, 0.1) is 6.10 Å². The van der Waals surface area contributed by atoms with Crippen molar-refractivity contribution >= 4 is 22.4 Å². The topological polar surface area (TPSA) is 49.8 Å². The van der Waals surface area contributed by atoms with Crippen LogP contribution in [0, 0.1) is 11.3 Å². The lowest BCUT2D eigenvalue weighted by molar-refractivity contribution is -0.138. The quantitative estimate of drug-likeness (QED) is 0.591. The van der Waals surface area contributed by atoms with Gasteiger partial charge in [0.25, 0.3) is 0 Å². The number of halogens is 3. The summed E-state index contributed by atoms with van der Waals surface area (Å²) in [6, 6.07) is 7.49. The first kappa shape index (κ1) is 23.2. The van der Waals surface area contributed by atoms with Crippen LogP contribution in [0.5, 0.6) is 5.75 Å². The van der Waals surface area contributed by atoms with Crippen molar-refractivity contribution in [2.24, 2.45) is 11.3 Å². The van der Waals surface area contributed by atoms with Crippen molar-refractivity contribution < 1.29 is 27.8 Å². The summed E-state index contributed by atoms with van der Waals surface area (Å²) in [4.78, 5) is 12.4. The third kappa shape index (κ3) is 5.43. The Labute approximate surface area is 181 Å². The van der Waals surface area contributed by atoms with Gasteiger partial charge in [0.15, 0.2) is 0 Å². The fraction of sp³-hybridized carbons (Fsp3) is 0.542. The molecular weight excluding hydrogens is 407 g/mol. The molecule has 170 valence electrons. The number of carboxylic acid groups (broad SMARTS) is 1. The van der Waals surface area contributed by atoms with E-state index in [0.717, 1.165) is 25.7 Å². The van der Waals surface area contributed by atoms with E-state index in [4.69, 9.17) is 9.84 Å². The van der Waals surface area contributed by atoms with Gasteiger partial charge in [0.2, 0.25) is 0 Å². The van der Waals surface area contributed by atoms with E-state index in [9.17, 15) is 18.0 Å². The number of rotatable bonds is 5. The molecular formula is C24H30F3NO3. The van der Waals surface area contributed by atoms with Crippen LogP contribution in [0.4, 0.5) is 18.9 Å². The first-order valence-corrected chi connectivity index (χ1v) is 10.6. The molecule has 4 nitrogen and oxygen atoms in total. The van der Waals surface area contributed by atoms with E-state index in [1.165, 1.54) is 23.1 Å². The summed E-state index contributed by atoms with van der Waals surface area (Å²) in [5, 5.41) is 9.41. The standard InChI is InChI=1S/C24H30F3NO3/c1-23(2,3)16-6-9-18(10-7-16)31-20-12-5-15-13-17(28(4)14-21(29)30)8-11-19(15)22(20)24(25,26)27/h5,8,11-13,16,18H,6-7,9-10,14H2,1-4H3,(H,29,30)/t16-,18-. The first-order valence-electron chi connectivity index (χ1n) is 10.6. The SMILES string of the molecule is CN(CC(=O)O)c1ccc2c(C(F)(F)F)c(O[C@H]3CC[C@H](C(C)(C)C)CC3)ccc2c1. The van der Waals surface area contributed by atoms with Gasteiger partial charge in [-0.1, -0.05) is 32.9 Å². The van der Waals surface area contributed by atoms with Crippen molar-refractivity contribution in [1.82, 2.24) is 0 Å². The smallest absolute Gasteiger partial charge is 0.420 e. The Morgan fingerprint density at radius 1 is 1.10 bits per heavy atom. The molecule has 1 saturated carbocycles. The monoisotopic (exact) mass is 437 g/mol. The van der Waals surface area contributed by atoms with Crippen molar-refractivity contribution in [1.29, 1.82) is 0 Å². The van der Waals surface area contributed by atoms with Crippen LogP contribution in [0.3, 0.4) is 0 Å². The van der Waals surface area contributed by atoms with Crippen LogP contribution in [-0.4, -0.2) is 30.8 Å². The third-order valence-electron chi connectivity index (χ3n) is 6.25. The molecule has 0 atom stereocenters. The number of hydrogen-bond acceptors (Lipinski definition) is 3. The lowest BCUT2D eigenvalue weighted by Gasteiger charge is -2.37. The molecule has 0 unspecified atom stereocenters. The highest BCUT2D eigenvalue weighted by Crippen LogP contribution is 2.44.